The number of rotatable bonds is 4. The maximum absolute atomic E-state index is 11.5. The normalized spacial score (nSPS) is 18.5. The standard InChI is InChI=1S/C14H23N3O2S/c1-11(2)15-9-13-10-16-12(3)8-14(13)17-4-6-20(18,19)7-5-17/h8,10-11,15H,4-7,9H2,1-3H3. The van der Waals surface area contributed by atoms with E-state index >= 15 is 0 Å². The lowest BCUT2D eigenvalue weighted by Gasteiger charge is -2.30. The van der Waals surface area contributed by atoms with Gasteiger partial charge >= 0.3 is 0 Å². The molecule has 1 aliphatic heterocycles. The van der Waals surface area contributed by atoms with Crippen LogP contribution in [0.2, 0.25) is 0 Å². The summed E-state index contributed by atoms with van der Waals surface area (Å²) in [5, 5.41) is 3.39. The quantitative estimate of drug-likeness (QED) is 0.902. The topological polar surface area (TPSA) is 62.3 Å². The zero-order valence-corrected chi connectivity index (χ0v) is 13.2. The Hall–Kier alpha value is -1.14. The molecule has 1 aromatic heterocycles. The molecule has 0 amide bonds. The van der Waals surface area contributed by atoms with E-state index in [1.807, 2.05) is 13.1 Å². The molecule has 0 spiro atoms. The Morgan fingerprint density at radius 2 is 2.00 bits per heavy atom. The van der Waals surface area contributed by atoms with Crippen LogP contribution in [0.3, 0.4) is 0 Å². The van der Waals surface area contributed by atoms with Crippen molar-refractivity contribution in [3.63, 3.8) is 0 Å². The minimum atomic E-state index is -2.85. The summed E-state index contributed by atoms with van der Waals surface area (Å²) in [4.78, 5) is 6.52. The van der Waals surface area contributed by atoms with Crippen LogP contribution in [-0.4, -0.2) is 44.0 Å². The van der Waals surface area contributed by atoms with Gasteiger partial charge in [0, 0.05) is 48.8 Å². The SMILES string of the molecule is Cc1cc(N2CCS(=O)(=O)CC2)c(CNC(C)C)cn1. The summed E-state index contributed by atoms with van der Waals surface area (Å²) in [6, 6.07) is 2.46. The molecule has 2 rings (SSSR count). The minimum Gasteiger partial charge on any atom is -0.369 e. The lowest BCUT2D eigenvalue weighted by molar-refractivity contribution is 0.581. The van der Waals surface area contributed by atoms with Gasteiger partial charge in [-0.3, -0.25) is 4.98 Å². The van der Waals surface area contributed by atoms with E-state index in [1.54, 1.807) is 0 Å². The zero-order valence-electron chi connectivity index (χ0n) is 12.4. The van der Waals surface area contributed by atoms with Gasteiger partial charge in [0.05, 0.1) is 11.5 Å². The van der Waals surface area contributed by atoms with Crippen molar-refractivity contribution >= 4 is 15.5 Å². The van der Waals surface area contributed by atoms with E-state index in [0.717, 1.165) is 23.5 Å². The van der Waals surface area contributed by atoms with Crippen molar-refractivity contribution in [3.8, 4) is 0 Å². The molecular formula is C14H23N3O2S. The van der Waals surface area contributed by atoms with Crippen LogP contribution in [0, 0.1) is 6.92 Å². The van der Waals surface area contributed by atoms with Gasteiger partial charge in [0.2, 0.25) is 0 Å². The average Bonchev–Trinajstić information content (AvgIpc) is 2.37. The summed E-state index contributed by atoms with van der Waals surface area (Å²) in [5.41, 5.74) is 3.20. The second-order valence-corrected chi connectivity index (χ2v) is 7.93. The van der Waals surface area contributed by atoms with Crippen LogP contribution < -0.4 is 10.2 Å². The first kappa shape index (κ1) is 15.3. The van der Waals surface area contributed by atoms with Crippen LogP contribution in [0.5, 0.6) is 0 Å². The molecule has 0 aliphatic carbocycles. The average molecular weight is 297 g/mol. The molecule has 20 heavy (non-hydrogen) atoms. The molecule has 0 radical (unpaired) electrons. The number of hydrogen-bond acceptors (Lipinski definition) is 5. The fourth-order valence-electron chi connectivity index (χ4n) is 2.27. The van der Waals surface area contributed by atoms with E-state index in [0.29, 0.717) is 19.1 Å². The Morgan fingerprint density at radius 3 is 2.60 bits per heavy atom. The van der Waals surface area contributed by atoms with E-state index in [1.165, 1.54) is 0 Å². The van der Waals surface area contributed by atoms with Crippen molar-refractivity contribution in [2.45, 2.75) is 33.4 Å². The van der Waals surface area contributed by atoms with Crippen molar-refractivity contribution in [2.75, 3.05) is 29.5 Å². The lowest BCUT2D eigenvalue weighted by Crippen LogP contribution is -2.41. The van der Waals surface area contributed by atoms with Crippen molar-refractivity contribution in [2.24, 2.45) is 0 Å². The van der Waals surface area contributed by atoms with Gasteiger partial charge < -0.3 is 10.2 Å². The van der Waals surface area contributed by atoms with Crippen molar-refractivity contribution in [1.82, 2.24) is 10.3 Å². The smallest absolute Gasteiger partial charge is 0.153 e. The van der Waals surface area contributed by atoms with Crippen molar-refractivity contribution < 1.29 is 8.42 Å². The third kappa shape index (κ3) is 3.93. The number of aryl methyl sites for hydroxylation is 1. The first-order valence-electron chi connectivity index (χ1n) is 7.02. The van der Waals surface area contributed by atoms with Crippen molar-refractivity contribution in [1.29, 1.82) is 0 Å². The molecule has 1 saturated heterocycles. The second-order valence-electron chi connectivity index (χ2n) is 5.63. The molecule has 6 heteroatoms. The highest BCUT2D eigenvalue weighted by atomic mass is 32.2. The Bertz CT molecular complexity index is 556. The Balaban J connectivity index is 2.19. The van der Waals surface area contributed by atoms with Gasteiger partial charge in [0.25, 0.3) is 0 Å². The van der Waals surface area contributed by atoms with Gasteiger partial charge in [-0.1, -0.05) is 13.8 Å². The van der Waals surface area contributed by atoms with Gasteiger partial charge in [-0.25, -0.2) is 8.42 Å². The molecule has 112 valence electrons. The molecule has 1 aliphatic rings. The van der Waals surface area contributed by atoms with E-state index < -0.39 is 9.84 Å². The second kappa shape index (κ2) is 6.10. The van der Waals surface area contributed by atoms with Crippen LogP contribution in [0.1, 0.15) is 25.1 Å². The summed E-state index contributed by atoms with van der Waals surface area (Å²) in [6.45, 7) is 8.07. The first-order chi connectivity index (χ1) is 9.37. The van der Waals surface area contributed by atoms with E-state index in [2.05, 4.69) is 35.1 Å². The predicted molar refractivity (Wildman–Crippen MR) is 81.8 cm³/mol. The van der Waals surface area contributed by atoms with Gasteiger partial charge in [-0.2, -0.15) is 0 Å². The van der Waals surface area contributed by atoms with E-state index in [9.17, 15) is 8.42 Å². The number of hydrogen-bond donors (Lipinski definition) is 1. The Labute approximate surface area is 121 Å². The fourth-order valence-corrected chi connectivity index (χ4v) is 3.47. The summed E-state index contributed by atoms with van der Waals surface area (Å²) in [6.07, 6.45) is 1.89. The molecule has 0 bridgehead atoms. The summed E-state index contributed by atoms with van der Waals surface area (Å²) in [7, 11) is -2.85. The van der Waals surface area contributed by atoms with Crippen LogP contribution >= 0.6 is 0 Å². The van der Waals surface area contributed by atoms with E-state index in [4.69, 9.17) is 0 Å². The molecular weight excluding hydrogens is 274 g/mol. The van der Waals surface area contributed by atoms with Crippen LogP contribution in [0.4, 0.5) is 5.69 Å². The number of aromatic nitrogens is 1. The van der Waals surface area contributed by atoms with Gasteiger partial charge in [-0.15, -0.1) is 0 Å². The Morgan fingerprint density at radius 1 is 1.35 bits per heavy atom. The number of nitrogens with one attached hydrogen (secondary N) is 1. The van der Waals surface area contributed by atoms with Crippen LogP contribution in [-0.2, 0) is 16.4 Å². The number of nitrogens with zero attached hydrogens (tertiary/aromatic N) is 2. The largest absolute Gasteiger partial charge is 0.369 e. The monoisotopic (exact) mass is 297 g/mol. The predicted octanol–water partition coefficient (Wildman–Crippen LogP) is 1.12. The summed E-state index contributed by atoms with van der Waals surface area (Å²) in [5.74, 6) is 0.483. The highest BCUT2D eigenvalue weighted by Crippen LogP contribution is 2.23. The summed E-state index contributed by atoms with van der Waals surface area (Å²) >= 11 is 0. The number of pyridine rings is 1. The highest BCUT2D eigenvalue weighted by molar-refractivity contribution is 7.91. The first-order valence-corrected chi connectivity index (χ1v) is 8.84. The third-order valence-electron chi connectivity index (χ3n) is 3.48. The molecule has 0 atom stereocenters. The number of anilines is 1. The highest BCUT2D eigenvalue weighted by Gasteiger charge is 2.23. The molecule has 1 N–H and O–H groups in total. The molecule has 5 nitrogen and oxygen atoms in total. The molecule has 0 saturated carbocycles. The molecule has 0 aromatic carbocycles. The van der Waals surface area contributed by atoms with Crippen LogP contribution in [0.25, 0.3) is 0 Å². The molecule has 0 unspecified atom stereocenters. The number of sulfone groups is 1. The van der Waals surface area contributed by atoms with Gasteiger partial charge in [0.1, 0.15) is 0 Å². The zero-order chi connectivity index (χ0) is 14.8. The lowest BCUT2D eigenvalue weighted by atomic mass is 10.1. The van der Waals surface area contributed by atoms with E-state index in [-0.39, 0.29) is 11.5 Å². The fraction of sp³-hybridized carbons (Fsp3) is 0.643. The molecule has 1 aromatic rings. The summed E-state index contributed by atoms with van der Waals surface area (Å²) < 4.78 is 23.1. The van der Waals surface area contributed by atoms with Gasteiger partial charge in [-0.05, 0) is 13.0 Å². The maximum Gasteiger partial charge on any atom is 0.153 e. The maximum atomic E-state index is 11.5. The Kier molecular flexibility index (Phi) is 4.65. The third-order valence-corrected chi connectivity index (χ3v) is 5.09. The van der Waals surface area contributed by atoms with Gasteiger partial charge in [0.15, 0.2) is 9.84 Å². The molecule has 2 heterocycles. The van der Waals surface area contributed by atoms with Crippen LogP contribution in [0.15, 0.2) is 12.3 Å². The van der Waals surface area contributed by atoms with Crippen molar-refractivity contribution in [3.05, 3.63) is 23.5 Å². The molecule has 1 fully saturated rings. The minimum absolute atomic E-state index is 0.241.